The van der Waals surface area contributed by atoms with E-state index in [-0.39, 0.29) is 5.91 Å². The van der Waals surface area contributed by atoms with Gasteiger partial charge in [-0.05, 0) is 32.0 Å². The number of carbonyl (C=O) groups is 1. The number of para-hydroxylation sites is 1. The van der Waals surface area contributed by atoms with Crippen LogP contribution in [0.1, 0.15) is 22.8 Å². The lowest BCUT2D eigenvalue weighted by Gasteiger charge is -2.21. The van der Waals surface area contributed by atoms with E-state index in [2.05, 4.69) is 4.98 Å². The molecule has 0 saturated heterocycles. The molecule has 3 rings (SSSR count). The van der Waals surface area contributed by atoms with Gasteiger partial charge in [0.2, 0.25) is 0 Å². The van der Waals surface area contributed by atoms with E-state index in [4.69, 9.17) is 0 Å². The van der Waals surface area contributed by atoms with Gasteiger partial charge in [0, 0.05) is 29.3 Å². The Morgan fingerprint density at radius 1 is 1.10 bits per heavy atom. The number of fused-ring (bicyclic) bond motifs is 1. The van der Waals surface area contributed by atoms with Gasteiger partial charge in [-0.2, -0.15) is 0 Å². The van der Waals surface area contributed by atoms with Crippen molar-refractivity contribution in [3.63, 3.8) is 0 Å². The number of amides is 1. The summed E-state index contributed by atoms with van der Waals surface area (Å²) in [6.45, 7) is 4.68. The number of nitrogens with one attached hydrogen (secondary N) is 1. The molecule has 3 aromatic rings. The normalized spacial score (nSPS) is 10.8. The number of hydrogen-bond donors (Lipinski definition) is 1. The summed E-state index contributed by atoms with van der Waals surface area (Å²) >= 11 is 0. The molecule has 2 aromatic carbocycles. The lowest BCUT2D eigenvalue weighted by molar-refractivity contribution is 0.0990. The van der Waals surface area contributed by atoms with Crippen molar-refractivity contribution < 1.29 is 4.79 Å². The summed E-state index contributed by atoms with van der Waals surface area (Å²) in [6, 6.07) is 15.9. The van der Waals surface area contributed by atoms with Crippen molar-refractivity contribution in [2.24, 2.45) is 0 Å². The van der Waals surface area contributed by atoms with E-state index in [1.165, 1.54) is 5.56 Å². The molecule has 0 atom stereocenters. The molecule has 1 aromatic heterocycles. The zero-order chi connectivity index (χ0) is 14.8. The smallest absolute Gasteiger partial charge is 0.260 e. The van der Waals surface area contributed by atoms with Gasteiger partial charge >= 0.3 is 0 Å². The van der Waals surface area contributed by atoms with Gasteiger partial charge in [0.05, 0.1) is 5.56 Å². The van der Waals surface area contributed by atoms with Crippen LogP contribution in [0.2, 0.25) is 0 Å². The van der Waals surface area contributed by atoms with Gasteiger partial charge in [0.15, 0.2) is 0 Å². The number of aromatic nitrogens is 1. The van der Waals surface area contributed by atoms with E-state index in [1.54, 1.807) is 11.1 Å². The Bertz CT molecular complexity index is 771. The van der Waals surface area contributed by atoms with E-state index in [9.17, 15) is 4.79 Å². The zero-order valence-electron chi connectivity index (χ0n) is 12.3. The molecule has 1 heterocycles. The molecule has 0 radical (unpaired) electrons. The monoisotopic (exact) mass is 278 g/mol. The van der Waals surface area contributed by atoms with Crippen molar-refractivity contribution in [2.75, 3.05) is 11.4 Å². The maximum Gasteiger partial charge on any atom is 0.260 e. The number of aromatic amines is 1. The molecule has 0 aliphatic heterocycles. The first-order chi connectivity index (χ1) is 10.2. The van der Waals surface area contributed by atoms with Crippen LogP contribution >= 0.6 is 0 Å². The molecular weight excluding hydrogens is 260 g/mol. The highest BCUT2D eigenvalue weighted by molar-refractivity contribution is 6.13. The Kier molecular flexibility index (Phi) is 3.48. The first kappa shape index (κ1) is 13.4. The molecule has 0 aliphatic carbocycles. The molecule has 0 fully saturated rings. The summed E-state index contributed by atoms with van der Waals surface area (Å²) in [5.74, 6) is 0.0267. The Hall–Kier alpha value is -2.55. The van der Waals surface area contributed by atoms with Gasteiger partial charge in [0.25, 0.3) is 5.91 Å². The largest absolute Gasteiger partial charge is 0.360 e. The molecule has 3 nitrogen and oxygen atoms in total. The third-order valence-electron chi connectivity index (χ3n) is 3.73. The average Bonchev–Trinajstić information content (AvgIpc) is 2.94. The van der Waals surface area contributed by atoms with Crippen molar-refractivity contribution in [3.05, 3.63) is 65.9 Å². The van der Waals surface area contributed by atoms with Crippen LogP contribution in [0, 0.1) is 6.92 Å². The second-order valence-corrected chi connectivity index (χ2v) is 5.13. The van der Waals surface area contributed by atoms with Crippen molar-refractivity contribution in [3.8, 4) is 0 Å². The van der Waals surface area contributed by atoms with E-state index < -0.39 is 0 Å². The van der Waals surface area contributed by atoms with Crippen LogP contribution in [0.15, 0.2) is 54.7 Å². The number of rotatable bonds is 3. The number of hydrogen-bond acceptors (Lipinski definition) is 1. The Morgan fingerprint density at radius 2 is 1.81 bits per heavy atom. The number of aryl methyl sites for hydroxylation is 1. The standard InChI is InChI=1S/C18H18N2O/c1-3-20(14-10-8-13(2)9-11-14)18(21)16-12-19-17-7-5-4-6-15(16)17/h4-12,19H,3H2,1-2H3. The quantitative estimate of drug-likeness (QED) is 0.768. The molecule has 106 valence electrons. The van der Waals surface area contributed by atoms with Crippen LogP contribution in [0.5, 0.6) is 0 Å². The van der Waals surface area contributed by atoms with Gasteiger partial charge < -0.3 is 9.88 Å². The molecule has 0 aliphatic rings. The first-order valence-electron chi connectivity index (χ1n) is 7.15. The van der Waals surface area contributed by atoms with Gasteiger partial charge in [-0.1, -0.05) is 35.9 Å². The summed E-state index contributed by atoms with van der Waals surface area (Å²) in [6.07, 6.45) is 1.80. The highest BCUT2D eigenvalue weighted by Gasteiger charge is 2.19. The molecule has 1 amide bonds. The molecular formula is C18H18N2O. The van der Waals surface area contributed by atoms with Gasteiger partial charge in [0.1, 0.15) is 0 Å². The van der Waals surface area contributed by atoms with Gasteiger partial charge in [-0.3, -0.25) is 4.79 Å². The van der Waals surface area contributed by atoms with E-state index in [1.807, 2.05) is 62.4 Å². The fourth-order valence-electron chi connectivity index (χ4n) is 2.56. The van der Waals surface area contributed by atoms with Crippen LogP contribution in [-0.4, -0.2) is 17.4 Å². The minimum Gasteiger partial charge on any atom is -0.360 e. The van der Waals surface area contributed by atoms with Crippen LogP contribution in [0.4, 0.5) is 5.69 Å². The van der Waals surface area contributed by atoms with Crippen molar-refractivity contribution in [1.82, 2.24) is 4.98 Å². The maximum absolute atomic E-state index is 12.8. The lowest BCUT2D eigenvalue weighted by Crippen LogP contribution is -2.30. The van der Waals surface area contributed by atoms with E-state index in [0.717, 1.165) is 16.6 Å². The Labute approximate surface area is 124 Å². The van der Waals surface area contributed by atoms with E-state index >= 15 is 0 Å². The fourth-order valence-corrected chi connectivity index (χ4v) is 2.56. The first-order valence-corrected chi connectivity index (χ1v) is 7.15. The highest BCUT2D eigenvalue weighted by Crippen LogP contribution is 2.23. The zero-order valence-corrected chi connectivity index (χ0v) is 12.3. The third-order valence-corrected chi connectivity index (χ3v) is 3.73. The molecule has 0 unspecified atom stereocenters. The molecule has 3 heteroatoms. The topological polar surface area (TPSA) is 36.1 Å². The molecule has 0 spiro atoms. The molecule has 0 bridgehead atoms. The van der Waals surface area contributed by atoms with Gasteiger partial charge in [-0.25, -0.2) is 0 Å². The summed E-state index contributed by atoms with van der Waals surface area (Å²) in [5, 5.41) is 0.966. The Balaban J connectivity index is 2.01. The molecule has 1 N–H and O–H groups in total. The average molecular weight is 278 g/mol. The van der Waals surface area contributed by atoms with E-state index in [0.29, 0.717) is 12.1 Å². The van der Waals surface area contributed by atoms with Crippen molar-refractivity contribution >= 4 is 22.5 Å². The predicted octanol–water partition coefficient (Wildman–Crippen LogP) is 4.14. The van der Waals surface area contributed by atoms with Crippen LogP contribution in [0.25, 0.3) is 10.9 Å². The number of benzene rings is 2. The summed E-state index contributed by atoms with van der Waals surface area (Å²) in [5.41, 5.74) is 3.82. The van der Waals surface area contributed by atoms with Crippen LogP contribution in [-0.2, 0) is 0 Å². The summed E-state index contributed by atoms with van der Waals surface area (Å²) in [4.78, 5) is 17.8. The third kappa shape index (κ3) is 2.42. The minimum absolute atomic E-state index is 0.0267. The predicted molar refractivity (Wildman–Crippen MR) is 86.8 cm³/mol. The number of carbonyl (C=O) groups excluding carboxylic acids is 1. The van der Waals surface area contributed by atoms with Crippen LogP contribution in [0.3, 0.4) is 0 Å². The fraction of sp³-hybridized carbons (Fsp3) is 0.167. The lowest BCUT2D eigenvalue weighted by atomic mass is 10.1. The minimum atomic E-state index is 0.0267. The van der Waals surface area contributed by atoms with Crippen LogP contribution < -0.4 is 4.90 Å². The molecule has 21 heavy (non-hydrogen) atoms. The maximum atomic E-state index is 12.8. The number of H-pyrrole nitrogens is 1. The Morgan fingerprint density at radius 3 is 2.52 bits per heavy atom. The summed E-state index contributed by atoms with van der Waals surface area (Å²) in [7, 11) is 0. The SMILES string of the molecule is CCN(C(=O)c1c[nH]c2ccccc12)c1ccc(C)cc1. The summed E-state index contributed by atoms with van der Waals surface area (Å²) < 4.78 is 0. The van der Waals surface area contributed by atoms with Gasteiger partial charge in [-0.15, -0.1) is 0 Å². The number of nitrogens with zero attached hydrogens (tertiary/aromatic N) is 1. The van der Waals surface area contributed by atoms with Crippen molar-refractivity contribution in [1.29, 1.82) is 0 Å². The van der Waals surface area contributed by atoms with Crippen molar-refractivity contribution in [2.45, 2.75) is 13.8 Å². The second kappa shape index (κ2) is 5.44. The molecule has 0 saturated carbocycles. The number of anilines is 1. The highest BCUT2D eigenvalue weighted by atomic mass is 16.2. The second-order valence-electron chi connectivity index (χ2n) is 5.13.